The van der Waals surface area contributed by atoms with Crippen LogP contribution >= 0.6 is 11.6 Å². The largest absolute Gasteiger partial charge is 0.290 e. The lowest BCUT2D eigenvalue weighted by Gasteiger charge is -2.03. The van der Waals surface area contributed by atoms with E-state index in [0.717, 1.165) is 12.1 Å². The van der Waals surface area contributed by atoms with Crippen LogP contribution in [0.2, 0.25) is 5.02 Å². The Morgan fingerprint density at radius 3 is 2.59 bits per heavy atom. The van der Waals surface area contributed by atoms with Crippen LogP contribution in [0, 0.1) is 5.82 Å². The van der Waals surface area contributed by atoms with Crippen molar-refractivity contribution in [3.05, 3.63) is 53.1 Å². The maximum Gasteiger partial charge on any atom is 0.258 e. The molecule has 0 aliphatic heterocycles. The van der Waals surface area contributed by atoms with E-state index in [-0.39, 0.29) is 16.5 Å². The topological polar surface area (TPSA) is 54.9 Å². The molecule has 6 heteroatoms. The van der Waals surface area contributed by atoms with Gasteiger partial charge in [0.05, 0.1) is 0 Å². The number of carbonyl (C=O) groups excluding carboxylic acids is 1. The normalized spacial score (nSPS) is 10.0. The van der Waals surface area contributed by atoms with Gasteiger partial charge in [0.2, 0.25) is 5.95 Å². The number of amides is 1. The lowest BCUT2D eigenvalue weighted by molar-refractivity contribution is 0.102. The van der Waals surface area contributed by atoms with Crippen molar-refractivity contribution >= 4 is 23.5 Å². The molecule has 0 unspecified atom stereocenters. The second kappa shape index (κ2) is 4.88. The SMILES string of the molecule is O=C(Nc1ncccn1)c1cc(F)cc(Cl)c1. The molecule has 0 saturated carbocycles. The molecule has 0 fully saturated rings. The molecule has 1 N–H and O–H groups in total. The highest BCUT2D eigenvalue weighted by molar-refractivity contribution is 6.31. The standard InChI is InChI=1S/C11H7ClFN3O/c12-8-4-7(5-9(13)6-8)10(17)16-11-14-2-1-3-15-11/h1-6H,(H,14,15,16,17). The van der Waals surface area contributed by atoms with E-state index in [0.29, 0.717) is 0 Å². The van der Waals surface area contributed by atoms with Crippen LogP contribution in [-0.2, 0) is 0 Å². The molecule has 0 atom stereocenters. The van der Waals surface area contributed by atoms with Gasteiger partial charge in [-0.2, -0.15) is 0 Å². The van der Waals surface area contributed by atoms with E-state index in [1.54, 1.807) is 6.07 Å². The van der Waals surface area contributed by atoms with Crippen LogP contribution in [0.15, 0.2) is 36.7 Å². The molecule has 86 valence electrons. The van der Waals surface area contributed by atoms with E-state index >= 15 is 0 Å². The molecule has 1 aromatic heterocycles. The first-order chi connectivity index (χ1) is 8.15. The molecule has 0 aliphatic rings. The van der Waals surface area contributed by atoms with Crippen molar-refractivity contribution in [3.8, 4) is 0 Å². The Morgan fingerprint density at radius 2 is 1.94 bits per heavy atom. The van der Waals surface area contributed by atoms with Gasteiger partial charge in [0.25, 0.3) is 5.91 Å². The fraction of sp³-hybridized carbons (Fsp3) is 0. The fourth-order valence-electron chi connectivity index (χ4n) is 1.22. The number of halogens is 2. The lowest BCUT2D eigenvalue weighted by Crippen LogP contribution is -2.14. The number of anilines is 1. The average Bonchev–Trinajstić information content (AvgIpc) is 2.29. The van der Waals surface area contributed by atoms with Gasteiger partial charge in [0.1, 0.15) is 5.82 Å². The summed E-state index contributed by atoms with van der Waals surface area (Å²) in [6.07, 6.45) is 2.97. The van der Waals surface area contributed by atoms with E-state index in [1.807, 2.05) is 0 Å². The highest BCUT2D eigenvalue weighted by Crippen LogP contribution is 2.14. The van der Waals surface area contributed by atoms with Crippen molar-refractivity contribution in [1.82, 2.24) is 9.97 Å². The quantitative estimate of drug-likeness (QED) is 0.892. The van der Waals surface area contributed by atoms with E-state index in [2.05, 4.69) is 15.3 Å². The molecule has 1 aromatic carbocycles. The van der Waals surface area contributed by atoms with E-state index in [1.165, 1.54) is 18.5 Å². The summed E-state index contributed by atoms with van der Waals surface area (Å²) >= 11 is 5.65. The molecule has 0 saturated heterocycles. The van der Waals surface area contributed by atoms with Gasteiger partial charge >= 0.3 is 0 Å². The molecular formula is C11H7ClFN3O. The molecular weight excluding hydrogens is 245 g/mol. The van der Waals surface area contributed by atoms with E-state index in [4.69, 9.17) is 11.6 Å². The summed E-state index contributed by atoms with van der Waals surface area (Å²) in [6.45, 7) is 0. The van der Waals surface area contributed by atoms with Crippen LogP contribution in [0.5, 0.6) is 0 Å². The Labute approximate surface area is 101 Å². The number of nitrogens with zero attached hydrogens (tertiary/aromatic N) is 2. The summed E-state index contributed by atoms with van der Waals surface area (Å²) in [5.74, 6) is -0.938. The maximum absolute atomic E-state index is 13.0. The third-order valence-corrected chi connectivity index (χ3v) is 2.13. The first kappa shape index (κ1) is 11.5. The summed E-state index contributed by atoms with van der Waals surface area (Å²) in [4.78, 5) is 19.3. The molecule has 17 heavy (non-hydrogen) atoms. The molecule has 4 nitrogen and oxygen atoms in total. The summed E-state index contributed by atoms with van der Waals surface area (Å²) in [7, 11) is 0. The minimum Gasteiger partial charge on any atom is -0.290 e. The van der Waals surface area contributed by atoms with Crippen molar-refractivity contribution < 1.29 is 9.18 Å². The predicted octanol–water partition coefficient (Wildman–Crippen LogP) is 2.52. The minimum absolute atomic E-state index is 0.113. The summed E-state index contributed by atoms with van der Waals surface area (Å²) < 4.78 is 13.0. The van der Waals surface area contributed by atoms with Crippen LogP contribution in [0.25, 0.3) is 0 Å². The van der Waals surface area contributed by atoms with Gasteiger partial charge < -0.3 is 0 Å². The first-order valence-electron chi connectivity index (χ1n) is 4.69. The molecule has 1 heterocycles. The lowest BCUT2D eigenvalue weighted by atomic mass is 10.2. The van der Waals surface area contributed by atoms with Gasteiger partial charge in [0, 0.05) is 23.0 Å². The number of rotatable bonds is 2. The molecule has 0 aliphatic carbocycles. The fourth-order valence-corrected chi connectivity index (χ4v) is 1.44. The van der Waals surface area contributed by atoms with Crippen LogP contribution in [0.4, 0.5) is 10.3 Å². The zero-order valence-corrected chi connectivity index (χ0v) is 9.28. The van der Waals surface area contributed by atoms with Crippen LogP contribution in [-0.4, -0.2) is 15.9 Å². The van der Waals surface area contributed by atoms with Gasteiger partial charge in [-0.15, -0.1) is 0 Å². The highest BCUT2D eigenvalue weighted by Gasteiger charge is 2.09. The minimum atomic E-state index is -0.573. The second-order valence-electron chi connectivity index (χ2n) is 3.18. The number of aromatic nitrogens is 2. The number of hydrogen-bond acceptors (Lipinski definition) is 3. The van der Waals surface area contributed by atoms with Crippen molar-refractivity contribution in [2.75, 3.05) is 5.32 Å². The number of benzene rings is 1. The Morgan fingerprint density at radius 1 is 1.24 bits per heavy atom. The van der Waals surface area contributed by atoms with E-state index < -0.39 is 11.7 Å². The van der Waals surface area contributed by atoms with Crippen molar-refractivity contribution in [2.45, 2.75) is 0 Å². The van der Waals surface area contributed by atoms with Crippen LogP contribution in [0.1, 0.15) is 10.4 Å². The summed E-state index contributed by atoms with van der Waals surface area (Å²) in [6, 6.07) is 5.19. The summed E-state index contributed by atoms with van der Waals surface area (Å²) in [5.41, 5.74) is 0.113. The second-order valence-corrected chi connectivity index (χ2v) is 3.62. The molecule has 2 rings (SSSR count). The Kier molecular flexibility index (Phi) is 3.30. The average molecular weight is 252 g/mol. The number of carbonyl (C=O) groups is 1. The van der Waals surface area contributed by atoms with Gasteiger partial charge in [-0.3, -0.25) is 10.1 Å². The van der Waals surface area contributed by atoms with E-state index in [9.17, 15) is 9.18 Å². The van der Waals surface area contributed by atoms with Crippen molar-refractivity contribution in [1.29, 1.82) is 0 Å². The Bertz CT molecular complexity index is 527. The van der Waals surface area contributed by atoms with Crippen LogP contribution in [0.3, 0.4) is 0 Å². The third-order valence-electron chi connectivity index (χ3n) is 1.92. The first-order valence-corrected chi connectivity index (χ1v) is 5.07. The molecule has 0 radical (unpaired) electrons. The van der Waals surface area contributed by atoms with Crippen LogP contribution < -0.4 is 5.32 Å². The maximum atomic E-state index is 13.0. The zero-order chi connectivity index (χ0) is 12.3. The zero-order valence-electron chi connectivity index (χ0n) is 8.52. The van der Waals surface area contributed by atoms with Gasteiger partial charge in [0.15, 0.2) is 0 Å². The van der Waals surface area contributed by atoms with Crippen molar-refractivity contribution in [2.24, 2.45) is 0 Å². The molecule has 2 aromatic rings. The number of hydrogen-bond donors (Lipinski definition) is 1. The molecule has 0 bridgehead atoms. The smallest absolute Gasteiger partial charge is 0.258 e. The van der Waals surface area contributed by atoms with Gasteiger partial charge in [-0.25, -0.2) is 14.4 Å². The van der Waals surface area contributed by atoms with Crippen molar-refractivity contribution in [3.63, 3.8) is 0 Å². The molecule has 1 amide bonds. The Hall–Kier alpha value is -2.01. The highest BCUT2D eigenvalue weighted by atomic mass is 35.5. The summed E-state index contributed by atoms with van der Waals surface area (Å²) in [5, 5.41) is 2.58. The van der Waals surface area contributed by atoms with Gasteiger partial charge in [-0.1, -0.05) is 11.6 Å². The monoisotopic (exact) mass is 251 g/mol. The predicted molar refractivity (Wildman–Crippen MR) is 61.4 cm³/mol. The third kappa shape index (κ3) is 2.98. The number of nitrogens with one attached hydrogen (secondary N) is 1. The molecule has 0 spiro atoms. The van der Waals surface area contributed by atoms with Gasteiger partial charge in [-0.05, 0) is 24.3 Å². The Balaban J connectivity index is 2.20.